The molecule has 2 aromatic heterocycles. The zero-order valence-electron chi connectivity index (χ0n) is 11.7. The van der Waals surface area contributed by atoms with Gasteiger partial charge in [-0.3, -0.25) is 4.79 Å². The van der Waals surface area contributed by atoms with E-state index >= 15 is 0 Å². The molecule has 0 aliphatic carbocycles. The van der Waals surface area contributed by atoms with Gasteiger partial charge in [0.25, 0.3) is 5.56 Å². The summed E-state index contributed by atoms with van der Waals surface area (Å²) in [4.78, 5) is 27.2. The quantitative estimate of drug-likeness (QED) is 0.696. The van der Waals surface area contributed by atoms with E-state index in [1.165, 1.54) is 17.8 Å². The molecule has 0 fully saturated rings. The molecule has 0 radical (unpaired) electrons. The topological polar surface area (TPSA) is 71.5 Å². The van der Waals surface area contributed by atoms with Gasteiger partial charge in [0.1, 0.15) is 16.0 Å². The average Bonchev–Trinajstić information content (AvgIpc) is 2.33. The van der Waals surface area contributed by atoms with Crippen LogP contribution in [0.15, 0.2) is 21.0 Å². The van der Waals surface area contributed by atoms with Crippen LogP contribution in [0, 0.1) is 13.8 Å². The fourth-order valence-corrected chi connectivity index (χ4v) is 2.68. The molecule has 2 heterocycles. The summed E-state index contributed by atoms with van der Waals surface area (Å²) in [5.41, 5.74) is 1.27. The van der Waals surface area contributed by atoms with E-state index in [1.54, 1.807) is 6.92 Å². The number of nitrogens with zero attached hydrogens (tertiary/aromatic N) is 3. The highest BCUT2D eigenvalue weighted by molar-refractivity contribution is 7.99. The maximum absolute atomic E-state index is 11.5. The number of hydrogen-bond donors (Lipinski definition) is 1. The number of H-pyrrole nitrogens is 1. The SMILES string of the molecule is Cc1cc(=O)[nH]c(Sc2nc(C(C)C)nc(Cl)c2C)n1. The van der Waals surface area contributed by atoms with E-state index in [-0.39, 0.29) is 11.5 Å². The van der Waals surface area contributed by atoms with Crippen molar-refractivity contribution in [2.75, 3.05) is 0 Å². The standard InChI is InChI=1S/C13H15ClN4OS/c1-6(2)11-17-10(14)8(4)12(18-11)20-13-15-7(3)5-9(19)16-13/h5-6H,1-4H3,(H,15,16,19). The van der Waals surface area contributed by atoms with E-state index in [0.29, 0.717) is 26.9 Å². The molecular formula is C13H15ClN4OS. The molecule has 0 saturated carbocycles. The van der Waals surface area contributed by atoms with E-state index in [1.807, 2.05) is 20.8 Å². The van der Waals surface area contributed by atoms with E-state index in [2.05, 4.69) is 19.9 Å². The summed E-state index contributed by atoms with van der Waals surface area (Å²) in [5.74, 6) is 0.857. The first-order chi connectivity index (χ1) is 9.36. The Morgan fingerprint density at radius 2 is 1.95 bits per heavy atom. The number of aryl methyl sites for hydroxylation is 1. The highest BCUT2D eigenvalue weighted by Crippen LogP contribution is 2.30. The summed E-state index contributed by atoms with van der Waals surface area (Å²) in [6.45, 7) is 7.63. The average molecular weight is 311 g/mol. The van der Waals surface area contributed by atoms with Crippen LogP contribution in [0.1, 0.15) is 36.8 Å². The minimum absolute atomic E-state index is 0.178. The summed E-state index contributed by atoms with van der Waals surface area (Å²) in [6, 6.07) is 1.45. The van der Waals surface area contributed by atoms with Gasteiger partial charge in [-0.05, 0) is 25.6 Å². The van der Waals surface area contributed by atoms with Gasteiger partial charge in [-0.15, -0.1) is 0 Å². The number of nitrogens with one attached hydrogen (secondary N) is 1. The van der Waals surface area contributed by atoms with Gasteiger partial charge >= 0.3 is 0 Å². The van der Waals surface area contributed by atoms with Gasteiger partial charge in [-0.2, -0.15) is 0 Å². The van der Waals surface area contributed by atoms with Crippen molar-refractivity contribution < 1.29 is 0 Å². The van der Waals surface area contributed by atoms with Crippen LogP contribution in [0.4, 0.5) is 0 Å². The van der Waals surface area contributed by atoms with Crippen LogP contribution < -0.4 is 5.56 Å². The lowest BCUT2D eigenvalue weighted by molar-refractivity contribution is 0.746. The van der Waals surface area contributed by atoms with Crippen LogP contribution in [-0.4, -0.2) is 19.9 Å². The molecule has 0 saturated heterocycles. The predicted molar refractivity (Wildman–Crippen MR) is 79.6 cm³/mol. The Bertz CT molecular complexity index is 699. The third-order valence-corrected chi connectivity index (χ3v) is 3.96. The van der Waals surface area contributed by atoms with Crippen LogP contribution in [0.25, 0.3) is 0 Å². The molecule has 0 aliphatic rings. The van der Waals surface area contributed by atoms with E-state index in [4.69, 9.17) is 11.6 Å². The Morgan fingerprint density at radius 3 is 2.55 bits per heavy atom. The molecule has 20 heavy (non-hydrogen) atoms. The van der Waals surface area contributed by atoms with Crippen LogP contribution in [0.5, 0.6) is 0 Å². The fraction of sp³-hybridized carbons (Fsp3) is 0.385. The third-order valence-electron chi connectivity index (χ3n) is 2.62. The van der Waals surface area contributed by atoms with Crippen molar-refractivity contribution in [1.82, 2.24) is 19.9 Å². The number of halogens is 1. The van der Waals surface area contributed by atoms with E-state index in [0.717, 1.165) is 5.56 Å². The summed E-state index contributed by atoms with van der Waals surface area (Å²) < 4.78 is 0. The van der Waals surface area contributed by atoms with Crippen molar-refractivity contribution in [3.05, 3.63) is 38.7 Å². The molecule has 0 spiro atoms. The Labute approximate surface area is 126 Å². The molecular weight excluding hydrogens is 296 g/mol. The van der Waals surface area contributed by atoms with Crippen molar-refractivity contribution in [3.63, 3.8) is 0 Å². The second-order valence-corrected chi connectivity index (χ2v) is 6.09. The first-order valence-electron chi connectivity index (χ1n) is 6.16. The molecule has 7 heteroatoms. The monoisotopic (exact) mass is 310 g/mol. The Balaban J connectivity index is 2.44. The highest BCUT2D eigenvalue weighted by Gasteiger charge is 2.14. The van der Waals surface area contributed by atoms with Gasteiger partial charge in [0, 0.05) is 23.2 Å². The van der Waals surface area contributed by atoms with Crippen molar-refractivity contribution in [1.29, 1.82) is 0 Å². The van der Waals surface area contributed by atoms with E-state index in [9.17, 15) is 4.79 Å². The highest BCUT2D eigenvalue weighted by atomic mass is 35.5. The number of rotatable bonds is 3. The minimum Gasteiger partial charge on any atom is -0.301 e. The summed E-state index contributed by atoms with van der Waals surface area (Å²) in [5, 5.41) is 1.64. The molecule has 0 amide bonds. The van der Waals surface area contributed by atoms with Crippen LogP contribution in [0.3, 0.4) is 0 Å². The molecule has 2 rings (SSSR count). The van der Waals surface area contributed by atoms with Gasteiger partial charge < -0.3 is 4.98 Å². The van der Waals surface area contributed by atoms with Gasteiger partial charge in [-0.25, -0.2) is 15.0 Å². The minimum atomic E-state index is -0.179. The lowest BCUT2D eigenvalue weighted by atomic mass is 10.2. The predicted octanol–water partition coefficient (Wildman–Crippen LogP) is 3.10. The fourth-order valence-electron chi connectivity index (χ4n) is 1.53. The smallest absolute Gasteiger partial charge is 0.251 e. The normalized spacial score (nSPS) is 11.1. The largest absolute Gasteiger partial charge is 0.301 e. The number of hydrogen-bond acceptors (Lipinski definition) is 5. The first-order valence-corrected chi connectivity index (χ1v) is 7.36. The van der Waals surface area contributed by atoms with Gasteiger partial charge in [0.05, 0.1) is 0 Å². The zero-order chi connectivity index (χ0) is 14.9. The maximum atomic E-state index is 11.5. The second kappa shape index (κ2) is 5.93. The maximum Gasteiger partial charge on any atom is 0.251 e. The molecule has 106 valence electrons. The zero-order valence-corrected chi connectivity index (χ0v) is 13.3. The molecule has 5 nitrogen and oxygen atoms in total. The molecule has 0 unspecified atom stereocenters. The van der Waals surface area contributed by atoms with Crippen LogP contribution >= 0.6 is 23.4 Å². The molecule has 2 aromatic rings. The molecule has 0 atom stereocenters. The Morgan fingerprint density at radius 1 is 1.25 bits per heavy atom. The number of aromatic nitrogens is 4. The first kappa shape index (κ1) is 15.0. The summed E-state index contributed by atoms with van der Waals surface area (Å²) >= 11 is 7.42. The third kappa shape index (κ3) is 3.37. The van der Waals surface area contributed by atoms with Crippen molar-refractivity contribution >= 4 is 23.4 Å². The lowest BCUT2D eigenvalue weighted by Crippen LogP contribution is -2.08. The van der Waals surface area contributed by atoms with Gasteiger partial charge in [-0.1, -0.05) is 25.4 Å². The van der Waals surface area contributed by atoms with Crippen LogP contribution in [0.2, 0.25) is 5.15 Å². The van der Waals surface area contributed by atoms with Crippen molar-refractivity contribution in [2.45, 2.75) is 43.8 Å². The van der Waals surface area contributed by atoms with Crippen molar-refractivity contribution in [3.8, 4) is 0 Å². The van der Waals surface area contributed by atoms with Gasteiger partial charge in [0.2, 0.25) is 0 Å². The Hall–Kier alpha value is -1.40. The number of aromatic amines is 1. The van der Waals surface area contributed by atoms with Gasteiger partial charge in [0.15, 0.2) is 5.16 Å². The lowest BCUT2D eigenvalue weighted by Gasteiger charge is -2.10. The molecule has 1 N–H and O–H groups in total. The molecule has 0 aliphatic heterocycles. The molecule has 0 bridgehead atoms. The Kier molecular flexibility index (Phi) is 4.45. The summed E-state index contributed by atoms with van der Waals surface area (Å²) in [6.07, 6.45) is 0. The molecule has 0 aromatic carbocycles. The van der Waals surface area contributed by atoms with E-state index < -0.39 is 0 Å². The van der Waals surface area contributed by atoms with Crippen molar-refractivity contribution in [2.24, 2.45) is 0 Å². The second-order valence-electron chi connectivity index (χ2n) is 4.75. The summed E-state index contributed by atoms with van der Waals surface area (Å²) in [7, 11) is 0. The van der Waals surface area contributed by atoms with Crippen LogP contribution in [-0.2, 0) is 0 Å².